The molecule has 0 aromatic carbocycles. The molecule has 82 valence electrons. The molecular formula is C10H8ClN3OS. The number of hydrogen-bond acceptors (Lipinski definition) is 4. The van der Waals surface area contributed by atoms with Crippen LogP contribution in [-0.2, 0) is 0 Å². The first kappa shape index (κ1) is 9.99. The van der Waals surface area contributed by atoms with E-state index in [4.69, 9.17) is 11.6 Å². The van der Waals surface area contributed by atoms with Gasteiger partial charge in [0.1, 0.15) is 5.15 Å². The molecule has 4 nitrogen and oxygen atoms in total. The predicted molar refractivity (Wildman–Crippen MR) is 61.6 cm³/mol. The zero-order valence-corrected chi connectivity index (χ0v) is 9.83. The van der Waals surface area contributed by atoms with Crippen molar-refractivity contribution in [3.63, 3.8) is 0 Å². The van der Waals surface area contributed by atoms with Gasteiger partial charge in [-0.25, -0.2) is 4.98 Å². The molecule has 2 aromatic heterocycles. The Morgan fingerprint density at radius 1 is 1.56 bits per heavy atom. The molecule has 6 heteroatoms. The van der Waals surface area contributed by atoms with E-state index in [9.17, 15) is 4.79 Å². The van der Waals surface area contributed by atoms with Gasteiger partial charge in [-0.1, -0.05) is 11.6 Å². The van der Waals surface area contributed by atoms with Crippen LogP contribution in [0.15, 0.2) is 11.6 Å². The van der Waals surface area contributed by atoms with E-state index in [-0.39, 0.29) is 0 Å². The first-order valence-corrected chi connectivity index (χ1v) is 6.20. The van der Waals surface area contributed by atoms with E-state index in [0.29, 0.717) is 21.8 Å². The maximum Gasteiger partial charge on any atom is 0.211 e. The molecule has 0 amide bonds. The minimum atomic E-state index is 0.367. The van der Waals surface area contributed by atoms with Crippen LogP contribution in [0.4, 0.5) is 0 Å². The molecule has 1 aliphatic rings. The molecule has 2 aromatic rings. The lowest BCUT2D eigenvalue weighted by Gasteiger charge is -1.95. The molecule has 1 aliphatic carbocycles. The number of aldehydes is 1. The van der Waals surface area contributed by atoms with E-state index < -0.39 is 0 Å². The van der Waals surface area contributed by atoms with Crippen molar-refractivity contribution in [2.45, 2.75) is 18.8 Å². The summed E-state index contributed by atoms with van der Waals surface area (Å²) in [5.41, 5.74) is 1.33. The molecule has 16 heavy (non-hydrogen) atoms. The number of carbonyl (C=O) groups is 1. The second kappa shape index (κ2) is 3.68. The van der Waals surface area contributed by atoms with Gasteiger partial charge in [-0.2, -0.15) is 9.78 Å². The number of halogens is 1. The highest BCUT2D eigenvalue weighted by atomic mass is 35.5. The van der Waals surface area contributed by atoms with Crippen LogP contribution in [0, 0.1) is 0 Å². The van der Waals surface area contributed by atoms with Crippen molar-refractivity contribution < 1.29 is 4.79 Å². The van der Waals surface area contributed by atoms with Gasteiger partial charge in [0, 0.05) is 17.5 Å². The third-order valence-electron chi connectivity index (χ3n) is 2.57. The number of thiazole rings is 1. The molecule has 0 bridgehead atoms. The first-order chi connectivity index (χ1) is 7.81. The van der Waals surface area contributed by atoms with Gasteiger partial charge in [0.05, 0.1) is 11.3 Å². The summed E-state index contributed by atoms with van der Waals surface area (Å²) < 4.78 is 1.55. The normalized spacial score (nSPS) is 15.3. The molecule has 0 spiro atoms. The molecule has 0 saturated heterocycles. The van der Waals surface area contributed by atoms with Gasteiger partial charge in [-0.3, -0.25) is 4.79 Å². The Balaban J connectivity index is 2.15. The summed E-state index contributed by atoms with van der Waals surface area (Å²) in [4.78, 5) is 15.1. The van der Waals surface area contributed by atoms with Gasteiger partial charge in [-0.15, -0.1) is 11.3 Å². The van der Waals surface area contributed by atoms with E-state index >= 15 is 0 Å². The Morgan fingerprint density at radius 2 is 2.38 bits per heavy atom. The fraction of sp³-hybridized carbons (Fsp3) is 0.300. The van der Waals surface area contributed by atoms with Gasteiger partial charge < -0.3 is 0 Å². The summed E-state index contributed by atoms with van der Waals surface area (Å²) in [5, 5.41) is 7.30. The molecule has 0 N–H and O–H groups in total. The highest BCUT2D eigenvalue weighted by molar-refractivity contribution is 7.12. The third kappa shape index (κ3) is 1.47. The van der Waals surface area contributed by atoms with Crippen molar-refractivity contribution in [2.75, 3.05) is 0 Å². The Bertz CT molecular complexity index is 531. The van der Waals surface area contributed by atoms with Crippen molar-refractivity contribution in [3.05, 3.63) is 28.0 Å². The van der Waals surface area contributed by atoms with E-state index in [1.807, 2.05) is 5.38 Å². The zero-order chi connectivity index (χ0) is 11.1. The number of nitrogens with zero attached hydrogens (tertiary/aromatic N) is 3. The molecule has 2 heterocycles. The quantitative estimate of drug-likeness (QED) is 0.790. The lowest BCUT2D eigenvalue weighted by molar-refractivity contribution is 0.112. The van der Waals surface area contributed by atoms with Crippen LogP contribution in [0.2, 0.25) is 5.15 Å². The van der Waals surface area contributed by atoms with Crippen LogP contribution in [0.25, 0.3) is 5.13 Å². The number of rotatable bonds is 3. The Hall–Kier alpha value is -1.20. The standard InChI is InChI=1S/C10H8ClN3OS/c11-9-7(5-15)8(6-1-2-6)13-14(9)10-12-3-4-16-10/h3-6H,1-2H2. The van der Waals surface area contributed by atoms with Crippen molar-refractivity contribution in [1.29, 1.82) is 0 Å². The molecule has 0 radical (unpaired) electrons. The lowest BCUT2D eigenvalue weighted by Crippen LogP contribution is -1.95. The highest BCUT2D eigenvalue weighted by Crippen LogP contribution is 2.42. The van der Waals surface area contributed by atoms with E-state index in [1.54, 1.807) is 10.9 Å². The van der Waals surface area contributed by atoms with Crippen molar-refractivity contribution in [3.8, 4) is 5.13 Å². The minimum absolute atomic E-state index is 0.367. The summed E-state index contributed by atoms with van der Waals surface area (Å²) in [6.07, 6.45) is 4.65. The SMILES string of the molecule is O=Cc1c(C2CC2)nn(-c2nccs2)c1Cl. The van der Waals surface area contributed by atoms with Crippen LogP contribution >= 0.6 is 22.9 Å². The number of aromatic nitrogens is 3. The Labute approximate surface area is 101 Å². The Morgan fingerprint density at radius 3 is 2.94 bits per heavy atom. The zero-order valence-electron chi connectivity index (χ0n) is 8.26. The van der Waals surface area contributed by atoms with E-state index in [1.165, 1.54) is 11.3 Å². The maximum absolute atomic E-state index is 11.0. The van der Waals surface area contributed by atoms with E-state index in [0.717, 1.165) is 24.8 Å². The largest absolute Gasteiger partial charge is 0.298 e. The molecule has 0 unspecified atom stereocenters. The van der Waals surface area contributed by atoms with Gasteiger partial charge >= 0.3 is 0 Å². The second-order valence-corrected chi connectivity index (χ2v) is 4.94. The van der Waals surface area contributed by atoms with Crippen molar-refractivity contribution >= 4 is 29.2 Å². The van der Waals surface area contributed by atoms with Gasteiger partial charge in [-0.05, 0) is 12.8 Å². The lowest BCUT2D eigenvalue weighted by atomic mass is 10.2. The van der Waals surface area contributed by atoms with Crippen molar-refractivity contribution in [1.82, 2.24) is 14.8 Å². The fourth-order valence-electron chi connectivity index (χ4n) is 1.64. The average Bonchev–Trinajstić information content (AvgIpc) is 2.88. The molecule has 0 aliphatic heterocycles. The van der Waals surface area contributed by atoms with E-state index in [2.05, 4.69) is 10.1 Å². The van der Waals surface area contributed by atoms with Crippen LogP contribution in [0.1, 0.15) is 34.8 Å². The summed E-state index contributed by atoms with van der Waals surface area (Å²) in [6.45, 7) is 0. The molecule has 1 fully saturated rings. The van der Waals surface area contributed by atoms with Crippen LogP contribution < -0.4 is 0 Å². The molecule has 3 rings (SSSR count). The number of carbonyl (C=O) groups excluding carboxylic acids is 1. The fourth-order valence-corrected chi connectivity index (χ4v) is 2.55. The molecule has 0 atom stereocenters. The molecule has 1 saturated carbocycles. The topological polar surface area (TPSA) is 47.8 Å². The van der Waals surface area contributed by atoms with Crippen LogP contribution in [0.5, 0.6) is 0 Å². The summed E-state index contributed by atoms with van der Waals surface area (Å²) in [6, 6.07) is 0. The van der Waals surface area contributed by atoms with Gasteiger partial charge in [0.15, 0.2) is 6.29 Å². The Kier molecular flexibility index (Phi) is 2.29. The smallest absolute Gasteiger partial charge is 0.211 e. The highest BCUT2D eigenvalue weighted by Gasteiger charge is 2.31. The summed E-state index contributed by atoms with van der Waals surface area (Å²) in [7, 11) is 0. The predicted octanol–water partition coefficient (Wildman–Crippen LogP) is 2.67. The number of hydrogen-bond donors (Lipinski definition) is 0. The van der Waals surface area contributed by atoms with Crippen LogP contribution in [0.3, 0.4) is 0 Å². The monoisotopic (exact) mass is 253 g/mol. The third-order valence-corrected chi connectivity index (χ3v) is 3.68. The molecular weight excluding hydrogens is 246 g/mol. The summed E-state index contributed by atoms with van der Waals surface area (Å²) >= 11 is 7.57. The van der Waals surface area contributed by atoms with Crippen LogP contribution in [-0.4, -0.2) is 21.1 Å². The van der Waals surface area contributed by atoms with Gasteiger partial charge in [0.2, 0.25) is 5.13 Å². The van der Waals surface area contributed by atoms with Gasteiger partial charge in [0.25, 0.3) is 0 Å². The average molecular weight is 254 g/mol. The second-order valence-electron chi connectivity index (χ2n) is 3.71. The maximum atomic E-state index is 11.0. The van der Waals surface area contributed by atoms with Crippen molar-refractivity contribution in [2.24, 2.45) is 0 Å². The minimum Gasteiger partial charge on any atom is -0.298 e. The first-order valence-electron chi connectivity index (χ1n) is 4.94. The summed E-state index contributed by atoms with van der Waals surface area (Å²) in [5.74, 6) is 0.402.